The lowest BCUT2D eigenvalue weighted by Crippen LogP contribution is -2.50. The molecule has 0 aliphatic carbocycles. The normalized spacial score (nSPS) is 12.0. The van der Waals surface area contributed by atoms with E-state index >= 15 is 0 Å². The first kappa shape index (κ1) is 29.9. The zero-order valence-corrected chi connectivity index (χ0v) is 23.9. The van der Waals surface area contributed by atoms with E-state index in [1.807, 2.05) is 74.5 Å². The Morgan fingerprint density at radius 3 is 2.08 bits per heavy atom. The molecular formula is C31H39N3O4S. The fourth-order valence-electron chi connectivity index (χ4n) is 4.41. The molecule has 0 fully saturated rings. The highest BCUT2D eigenvalue weighted by atomic mass is 32.2. The number of nitrogens with one attached hydrogen (secondary N) is 1. The molecule has 1 atom stereocenters. The minimum absolute atomic E-state index is 0.108. The predicted molar refractivity (Wildman–Crippen MR) is 157 cm³/mol. The molecule has 3 aromatic carbocycles. The first-order chi connectivity index (χ1) is 18.7. The van der Waals surface area contributed by atoms with E-state index in [1.165, 1.54) is 10.6 Å². The topological polar surface area (TPSA) is 86.8 Å². The number of aryl methyl sites for hydroxylation is 1. The van der Waals surface area contributed by atoms with Crippen LogP contribution in [0.5, 0.6) is 0 Å². The Balaban J connectivity index is 1.85. The van der Waals surface area contributed by atoms with Crippen LogP contribution in [0.3, 0.4) is 0 Å². The van der Waals surface area contributed by atoms with Gasteiger partial charge in [0.05, 0.1) is 11.9 Å². The Labute approximate surface area is 232 Å². The number of benzene rings is 3. The van der Waals surface area contributed by atoms with Gasteiger partial charge in [-0.15, -0.1) is 0 Å². The van der Waals surface area contributed by atoms with E-state index in [0.717, 1.165) is 23.1 Å². The van der Waals surface area contributed by atoms with Crippen molar-refractivity contribution in [2.45, 2.75) is 52.1 Å². The van der Waals surface area contributed by atoms with Gasteiger partial charge in [0.15, 0.2) is 0 Å². The first-order valence-electron chi connectivity index (χ1n) is 13.4. The third-order valence-corrected chi connectivity index (χ3v) is 7.68. The molecule has 0 heterocycles. The highest BCUT2D eigenvalue weighted by molar-refractivity contribution is 7.92. The molecule has 0 bridgehead atoms. The summed E-state index contributed by atoms with van der Waals surface area (Å²) in [5.74, 6) is -0.382. The SMILES string of the molecule is CCCNC(=O)[C@H](Cc1ccccc1)N(Cc1ccc(C)cc1)C(=O)CCCN(c1ccccc1)S(C)(=O)=O. The number of hydrogen-bond donors (Lipinski definition) is 1. The van der Waals surface area contributed by atoms with E-state index in [9.17, 15) is 18.0 Å². The van der Waals surface area contributed by atoms with Crippen LogP contribution in [0.4, 0.5) is 5.69 Å². The van der Waals surface area contributed by atoms with Crippen molar-refractivity contribution in [2.75, 3.05) is 23.7 Å². The van der Waals surface area contributed by atoms with Crippen molar-refractivity contribution in [3.05, 3.63) is 102 Å². The number of nitrogens with zero attached hydrogens (tertiary/aromatic N) is 2. The van der Waals surface area contributed by atoms with E-state index in [0.29, 0.717) is 25.1 Å². The molecule has 1 N–H and O–H groups in total. The molecule has 3 aromatic rings. The third kappa shape index (κ3) is 9.25. The van der Waals surface area contributed by atoms with Gasteiger partial charge in [0.1, 0.15) is 6.04 Å². The fraction of sp³-hybridized carbons (Fsp3) is 0.355. The molecule has 39 heavy (non-hydrogen) atoms. The molecule has 0 aliphatic rings. The summed E-state index contributed by atoms with van der Waals surface area (Å²) in [4.78, 5) is 28.8. The Morgan fingerprint density at radius 2 is 1.49 bits per heavy atom. The lowest BCUT2D eigenvalue weighted by atomic mass is 10.0. The lowest BCUT2D eigenvalue weighted by Gasteiger charge is -2.32. The number of anilines is 1. The van der Waals surface area contributed by atoms with Crippen LogP contribution in [0.25, 0.3) is 0 Å². The molecule has 0 radical (unpaired) electrons. The summed E-state index contributed by atoms with van der Waals surface area (Å²) in [6.07, 6.45) is 2.76. The van der Waals surface area contributed by atoms with E-state index in [4.69, 9.17) is 0 Å². The Hall–Kier alpha value is -3.65. The maximum atomic E-state index is 13.8. The number of hydrogen-bond acceptors (Lipinski definition) is 4. The summed E-state index contributed by atoms with van der Waals surface area (Å²) in [5.41, 5.74) is 3.56. The summed E-state index contributed by atoms with van der Waals surface area (Å²) in [6, 6.07) is 25.8. The first-order valence-corrected chi connectivity index (χ1v) is 15.2. The fourth-order valence-corrected chi connectivity index (χ4v) is 5.37. The second-order valence-electron chi connectivity index (χ2n) is 9.78. The molecule has 0 spiro atoms. The maximum Gasteiger partial charge on any atom is 0.243 e. The van der Waals surface area contributed by atoms with Gasteiger partial charge in [0, 0.05) is 32.5 Å². The number of sulfonamides is 1. The van der Waals surface area contributed by atoms with Crippen LogP contribution < -0.4 is 9.62 Å². The highest BCUT2D eigenvalue weighted by Crippen LogP contribution is 2.20. The molecule has 7 nitrogen and oxygen atoms in total. The number of carbonyl (C=O) groups excluding carboxylic acids is 2. The minimum atomic E-state index is -3.53. The Morgan fingerprint density at radius 1 is 0.872 bits per heavy atom. The van der Waals surface area contributed by atoms with Gasteiger partial charge in [-0.05, 0) is 43.0 Å². The second kappa shape index (κ2) is 14.5. The molecule has 8 heteroatoms. The van der Waals surface area contributed by atoms with Crippen molar-refractivity contribution in [2.24, 2.45) is 0 Å². The quantitative estimate of drug-likeness (QED) is 0.316. The van der Waals surface area contributed by atoms with E-state index in [1.54, 1.807) is 29.2 Å². The predicted octanol–water partition coefficient (Wildman–Crippen LogP) is 4.71. The number of amides is 2. The largest absolute Gasteiger partial charge is 0.354 e. The van der Waals surface area contributed by atoms with Crippen molar-refractivity contribution >= 4 is 27.5 Å². The third-order valence-electron chi connectivity index (χ3n) is 6.49. The Kier molecular flexibility index (Phi) is 11.1. The lowest BCUT2D eigenvalue weighted by molar-refractivity contribution is -0.141. The molecule has 0 saturated carbocycles. The van der Waals surface area contributed by atoms with Crippen LogP contribution in [0.2, 0.25) is 0 Å². The van der Waals surface area contributed by atoms with Crippen LogP contribution in [-0.4, -0.2) is 50.5 Å². The molecule has 0 aliphatic heterocycles. The van der Waals surface area contributed by atoms with Gasteiger partial charge in [-0.2, -0.15) is 0 Å². The van der Waals surface area contributed by atoms with Gasteiger partial charge in [-0.25, -0.2) is 8.42 Å². The van der Waals surface area contributed by atoms with Gasteiger partial charge < -0.3 is 10.2 Å². The number of rotatable bonds is 14. The van der Waals surface area contributed by atoms with E-state index in [2.05, 4.69) is 5.32 Å². The maximum absolute atomic E-state index is 13.8. The summed E-state index contributed by atoms with van der Waals surface area (Å²) >= 11 is 0. The number of para-hydroxylation sites is 1. The molecule has 2 amide bonds. The van der Waals surface area contributed by atoms with Gasteiger partial charge in [0.2, 0.25) is 21.8 Å². The molecular weight excluding hydrogens is 510 g/mol. The van der Waals surface area contributed by atoms with Gasteiger partial charge in [-0.3, -0.25) is 13.9 Å². The number of carbonyl (C=O) groups is 2. The van der Waals surface area contributed by atoms with Crippen LogP contribution in [-0.2, 0) is 32.6 Å². The highest BCUT2D eigenvalue weighted by Gasteiger charge is 2.30. The Bertz CT molecular complexity index is 1300. The smallest absolute Gasteiger partial charge is 0.243 e. The van der Waals surface area contributed by atoms with Gasteiger partial charge in [0.25, 0.3) is 0 Å². The molecule has 0 saturated heterocycles. The van der Waals surface area contributed by atoms with E-state index < -0.39 is 16.1 Å². The average Bonchev–Trinajstić information content (AvgIpc) is 2.93. The van der Waals surface area contributed by atoms with Crippen LogP contribution in [0, 0.1) is 6.92 Å². The molecule has 0 aromatic heterocycles. The zero-order valence-electron chi connectivity index (χ0n) is 23.0. The van der Waals surface area contributed by atoms with Crippen molar-refractivity contribution in [1.82, 2.24) is 10.2 Å². The zero-order chi connectivity index (χ0) is 28.3. The van der Waals surface area contributed by atoms with Crippen molar-refractivity contribution in [3.63, 3.8) is 0 Å². The standard InChI is InChI=1S/C31H39N3O4S/c1-4-21-32-31(36)29(23-26-12-7-5-8-13-26)33(24-27-19-17-25(2)18-20-27)30(35)16-11-22-34(39(3,37)38)28-14-9-6-10-15-28/h5-10,12-15,17-20,29H,4,11,16,21-24H2,1-3H3,(H,32,36)/t29-/m0/s1. The van der Waals surface area contributed by atoms with Crippen molar-refractivity contribution < 1.29 is 18.0 Å². The second-order valence-corrected chi connectivity index (χ2v) is 11.7. The average molecular weight is 550 g/mol. The molecule has 3 rings (SSSR count). The van der Waals surface area contributed by atoms with Crippen LogP contribution >= 0.6 is 0 Å². The van der Waals surface area contributed by atoms with Gasteiger partial charge in [-0.1, -0.05) is 85.3 Å². The van der Waals surface area contributed by atoms with Crippen LogP contribution in [0.1, 0.15) is 42.9 Å². The van der Waals surface area contributed by atoms with Crippen molar-refractivity contribution in [3.8, 4) is 0 Å². The van der Waals surface area contributed by atoms with E-state index in [-0.39, 0.29) is 31.3 Å². The van der Waals surface area contributed by atoms with Crippen molar-refractivity contribution in [1.29, 1.82) is 0 Å². The molecule has 0 unspecified atom stereocenters. The minimum Gasteiger partial charge on any atom is -0.354 e. The monoisotopic (exact) mass is 549 g/mol. The summed E-state index contributed by atoms with van der Waals surface area (Å²) in [5, 5.41) is 2.98. The summed E-state index contributed by atoms with van der Waals surface area (Å²) in [7, 11) is -3.53. The summed E-state index contributed by atoms with van der Waals surface area (Å²) in [6.45, 7) is 4.96. The van der Waals surface area contributed by atoms with Crippen LogP contribution in [0.15, 0.2) is 84.9 Å². The van der Waals surface area contributed by atoms with Gasteiger partial charge >= 0.3 is 0 Å². The summed E-state index contributed by atoms with van der Waals surface area (Å²) < 4.78 is 26.3. The molecule has 208 valence electrons.